The Morgan fingerprint density at radius 2 is 1.61 bits per heavy atom. The standard InChI is InChI=1S/C33H48N4O6S/c1-10-40-29(41-11-2)21(3)37(28(38)25(34)19-22-15-17-24(18-16-22)42-32(4,5)6)20-23-13-12-14-26-27(23)35-30(44-26)36-31(39)43-33(7,8)9/h12-18,21,25,29H,10-11,19-20,34H2,1-9H3,(H,35,36,39). The van der Waals surface area contributed by atoms with Crippen molar-refractivity contribution in [3.05, 3.63) is 53.6 Å². The molecule has 0 saturated heterocycles. The summed E-state index contributed by atoms with van der Waals surface area (Å²) in [5.41, 5.74) is 8.03. The number of para-hydroxylation sites is 1. The molecule has 11 heteroatoms. The molecule has 0 aliphatic carbocycles. The highest BCUT2D eigenvalue weighted by Crippen LogP contribution is 2.30. The van der Waals surface area contributed by atoms with Gasteiger partial charge in [0.1, 0.15) is 17.0 Å². The van der Waals surface area contributed by atoms with Crippen molar-refractivity contribution in [3.8, 4) is 5.75 Å². The molecule has 2 amide bonds. The molecule has 2 atom stereocenters. The van der Waals surface area contributed by atoms with Gasteiger partial charge in [-0.1, -0.05) is 35.6 Å². The van der Waals surface area contributed by atoms with E-state index in [0.717, 1.165) is 21.6 Å². The van der Waals surface area contributed by atoms with Crippen LogP contribution in [0.2, 0.25) is 0 Å². The van der Waals surface area contributed by atoms with E-state index in [1.54, 1.807) is 25.7 Å². The van der Waals surface area contributed by atoms with Gasteiger partial charge < -0.3 is 29.6 Å². The normalized spacial score (nSPS) is 13.5. The van der Waals surface area contributed by atoms with Gasteiger partial charge >= 0.3 is 6.09 Å². The highest BCUT2D eigenvalue weighted by Gasteiger charge is 2.32. The molecule has 1 heterocycles. The first-order chi connectivity index (χ1) is 20.6. The zero-order valence-electron chi connectivity index (χ0n) is 27.4. The van der Waals surface area contributed by atoms with Crippen LogP contribution in [0.5, 0.6) is 5.75 Å². The quantitative estimate of drug-likeness (QED) is 0.205. The molecular formula is C33H48N4O6S. The van der Waals surface area contributed by atoms with Crippen LogP contribution >= 0.6 is 11.3 Å². The fourth-order valence-electron chi connectivity index (χ4n) is 4.59. The third kappa shape index (κ3) is 10.4. The van der Waals surface area contributed by atoms with Crippen LogP contribution in [0, 0.1) is 0 Å². The Morgan fingerprint density at radius 1 is 0.977 bits per heavy atom. The Kier molecular flexibility index (Phi) is 12.1. The lowest BCUT2D eigenvalue weighted by Gasteiger charge is -2.36. The molecule has 0 fully saturated rings. The van der Waals surface area contributed by atoms with Gasteiger partial charge in [-0.3, -0.25) is 10.1 Å². The molecular weight excluding hydrogens is 580 g/mol. The van der Waals surface area contributed by atoms with Gasteiger partial charge in [-0.15, -0.1) is 0 Å². The second-order valence-corrected chi connectivity index (χ2v) is 13.6. The second kappa shape index (κ2) is 15.2. The average molecular weight is 629 g/mol. The predicted molar refractivity (Wildman–Crippen MR) is 175 cm³/mol. The Morgan fingerprint density at radius 3 is 2.18 bits per heavy atom. The van der Waals surface area contributed by atoms with Gasteiger partial charge in [0.2, 0.25) is 5.91 Å². The molecule has 3 N–H and O–H groups in total. The lowest BCUT2D eigenvalue weighted by Crippen LogP contribution is -2.52. The number of hydrogen-bond donors (Lipinski definition) is 2. The number of anilines is 1. The molecule has 0 radical (unpaired) electrons. The number of nitrogens with two attached hydrogens (primary N) is 1. The predicted octanol–water partition coefficient (Wildman–Crippen LogP) is 6.51. The van der Waals surface area contributed by atoms with Crippen LogP contribution in [-0.4, -0.2) is 64.7 Å². The lowest BCUT2D eigenvalue weighted by atomic mass is 10.0. The number of carbonyl (C=O) groups is 2. The van der Waals surface area contributed by atoms with Crippen LogP contribution in [0.15, 0.2) is 42.5 Å². The molecule has 0 bridgehead atoms. The monoisotopic (exact) mass is 628 g/mol. The van der Waals surface area contributed by atoms with Crippen LogP contribution in [-0.2, 0) is 32.0 Å². The van der Waals surface area contributed by atoms with Gasteiger partial charge in [-0.2, -0.15) is 0 Å². The van der Waals surface area contributed by atoms with Crippen molar-refractivity contribution >= 4 is 38.7 Å². The SMILES string of the molecule is CCOC(OCC)C(C)N(Cc1cccc2sc(NC(=O)OC(C)(C)C)nc12)C(=O)C(N)Cc1ccc(OC(C)(C)C)cc1. The van der Waals surface area contributed by atoms with Gasteiger partial charge in [-0.05, 0) is 98.1 Å². The number of thiazole rings is 1. The van der Waals surface area contributed by atoms with Crippen LogP contribution in [0.4, 0.5) is 9.93 Å². The van der Waals surface area contributed by atoms with Gasteiger partial charge in [0, 0.05) is 19.8 Å². The van der Waals surface area contributed by atoms with Crippen LogP contribution in [0.25, 0.3) is 10.2 Å². The van der Waals surface area contributed by atoms with E-state index < -0.39 is 30.1 Å². The largest absolute Gasteiger partial charge is 0.488 e. The number of ether oxygens (including phenoxy) is 4. The van der Waals surface area contributed by atoms with Crippen molar-refractivity contribution in [3.63, 3.8) is 0 Å². The Bertz CT molecular complexity index is 1370. The molecule has 0 spiro atoms. The molecule has 0 aliphatic rings. The summed E-state index contributed by atoms with van der Waals surface area (Å²) in [6.45, 7) is 18.1. The summed E-state index contributed by atoms with van der Waals surface area (Å²) in [5, 5.41) is 3.13. The number of nitrogens with one attached hydrogen (secondary N) is 1. The van der Waals surface area contributed by atoms with E-state index in [1.165, 1.54) is 11.3 Å². The number of hydrogen-bond acceptors (Lipinski definition) is 9. The molecule has 2 aromatic carbocycles. The number of carbonyl (C=O) groups excluding carboxylic acids is 2. The molecule has 242 valence electrons. The summed E-state index contributed by atoms with van der Waals surface area (Å²) in [6, 6.07) is 12.1. The second-order valence-electron chi connectivity index (χ2n) is 12.6. The van der Waals surface area contributed by atoms with Crippen molar-refractivity contribution in [1.29, 1.82) is 0 Å². The summed E-state index contributed by atoms with van der Waals surface area (Å²) in [6.07, 6.45) is -0.880. The molecule has 44 heavy (non-hydrogen) atoms. The van der Waals surface area contributed by atoms with Crippen molar-refractivity contribution in [2.45, 2.75) is 105 Å². The minimum atomic E-state index is -0.810. The van der Waals surface area contributed by atoms with E-state index in [9.17, 15) is 9.59 Å². The van der Waals surface area contributed by atoms with Gasteiger partial charge in [0.15, 0.2) is 11.4 Å². The number of nitrogens with zero attached hydrogens (tertiary/aromatic N) is 2. The van der Waals surface area contributed by atoms with Gasteiger partial charge in [0.25, 0.3) is 0 Å². The molecule has 3 rings (SSSR count). The maximum Gasteiger partial charge on any atom is 0.413 e. The molecule has 0 saturated carbocycles. The van der Waals surface area contributed by atoms with E-state index in [-0.39, 0.29) is 18.1 Å². The molecule has 10 nitrogen and oxygen atoms in total. The molecule has 3 aromatic rings. The maximum absolute atomic E-state index is 14.1. The van der Waals surface area contributed by atoms with Crippen LogP contribution in [0.3, 0.4) is 0 Å². The molecule has 2 unspecified atom stereocenters. The van der Waals surface area contributed by atoms with Crippen molar-refractivity contribution in [1.82, 2.24) is 9.88 Å². The minimum absolute atomic E-state index is 0.218. The van der Waals surface area contributed by atoms with E-state index in [0.29, 0.717) is 30.3 Å². The lowest BCUT2D eigenvalue weighted by molar-refractivity contribution is -0.179. The Balaban J connectivity index is 1.88. The van der Waals surface area contributed by atoms with Crippen molar-refractivity contribution in [2.75, 3.05) is 18.5 Å². The van der Waals surface area contributed by atoms with Gasteiger partial charge in [0.05, 0.1) is 22.3 Å². The van der Waals surface area contributed by atoms with Crippen molar-refractivity contribution < 1.29 is 28.5 Å². The highest BCUT2D eigenvalue weighted by atomic mass is 32.1. The fraction of sp³-hybridized carbons (Fsp3) is 0.545. The number of fused-ring (bicyclic) bond motifs is 1. The highest BCUT2D eigenvalue weighted by molar-refractivity contribution is 7.22. The van der Waals surface area contributed by atoms with Crippen LogP contribution < -0.4 is 15.8 Å². The third-order valence-corrected chi connectivity index (χ3v) is 7.34. The fourth-order valence-corrected chi connectivity index (χ4v) is 5.49. The average Bonchev–Trinajstić information content (AvgIpc) is 3.33. The topological polar surface area (TPSA) is 125 Å². The summed E-state index contributed by atoms with van der Waals surface area (Å²) in [4.78, 5) is 32.8. The van der Waals surface area contributed by atoms with Crippen LogP contribution in [0.1, 0.15) is 73.4 Å². The minimum Gasteiger partial charge on any atom is -0.488 e. The third-order valence-electron chi connectivity index (χ3n) is 6.40. The molecule has 0 aliphatic heterocycles. The number of aromatic nitrogens is 1. The summed E-state index contributed by atoms with van der Waals surface area (Å²) < 4.78 is 24.0. The summed E-state index contributed by atoms with van der Waals surface area (Å²) in [5.74, 6) is 0.515. The van der Waals surface area contributed by atoms with E-state index in [4.69, 9.17) is 24.7 Å². The maximum atomic E-state index is 14.1. The van der Waals surface area contributed by atoms with Crippen molar-refractivity contribution in [2.24, 2.45) is 5.73 Å². The number of rotatable bonds is 13. The van der Waals surface area contributed by atoms with E-state index in [1.807, 2.05) is 84.0 Å². The zero-order chi connectivity index (χ0) is 32.7. The zero-order valence-corrected chi connectivity index (χ0v) is 28.2. The van der Waals surface area contributed by atoms with E-state index >= 15 is 0 Å². The summed E-state index contributed by atoms with van der Waals surface area (Å²) >= 11 is 1.33. The van der Waals surface area contributed by atoms with E-state index in [2.05, 4.69) is 10.3 Å². The first-order valence-electron chi connectivity index (χ1n) is 15.1. The van der Waals surface area contributed by atoms with Gasteiger partial charge in [-0.25, -0.2) is 9.78 Å². The number of benzene rings is 2. The Hall–Kier alpha value is -3.25. The number of amides is 2. The first-order valence-corrected chi connectivity index (χ1v) is 15.9. The smallest absolute Gasteiger partial charge is 0.413 e. The summed E-state index contributed by atoms with van der Waals surface area (Å²) in [7, 11) is 0. The first kappa shape index (κ1) is 35.2. The molecule has 1 aromatic heterocycles. The Labute approximate surface area is 265 Å².